The van der Waals surface area contributed by atoms with Gasteiger partial charge in [-0.05, 0) is 19.3 Å². The fourth-order valence-electron chi connectivity index (χ4n) is 1.96. The molecule has 10 heteroatoms. The molecule has 2 nitrogen and oxygen atoms in total. The van der Waals surface area contributed by atoms with Gasteiger partial charge >= 0.3 is 30.2 Å². The normalized spacial score (nSPS) is 13.9. The standard InChI is InChI=1S/C14H18F8O2/c1-7(2)8(11(3,4)5)9(23)24-6-12(17,18)14(21,22)13(19,20)10(15)16/h10H,6H2,1-5H3. The lowest BCUT2D eigenvalue weighted by atomic mass is 9.84. The van der Waals surface area contributed by atoms with E-state index in [1.165, 1.54) is 34.6 Å². The molecule has 0 atom stereocenters. The number of ether oxygens (including phenoxy) is 1. The molecule has 24 heavy (non-hydrogen) atoms. The average Bonchev–Trinajstić information content (AvgIpc) is 2.33. The van der Waals surface area contributed by atoms with Crippen LogP contribution in [0.3, 0.4) is 0 Å². The van der Waals surface area contributed by atoms with Gasteiger partial charge in [-0.15, -0.1) is 0 Å². The highest BCUT2D eigenvalue weighted by Crippen LogP contribution is 2.48. The zero-order valence-corrected chi connectivity index (χ0v) is 13.6. The highest BCUT2D eigenvalue weighted by Gasteiger charge is 2.75. The first-order valence-corrected chi connectivity index (χ1v) is 6.66. The van der Waals surface area contributed by atoms with Crippen molar-refractivity contribution in [2.75, 3.05) is 6.61 Å². The minimum absolute atomic E-state index is 0.123. The molecule has 0 heterocycles. The largest absolute Gasteiger partial charge is 0.456 e. The van der Waals surface area contributed by atoms with Crippen molar-refractivity contribution < 1.29 is 44.7 Å². The topological polar surface area (TPSA) is 26.3 Å². The fourth-order valence-corrected chi connectivity index (χ4v) is 1.96. The maximum absolute atomic E-state index is 13.3. The molecule has 142 valence electrons. The Bertz CT molecular complexity index is 499. The SMILES string of the molecule is CC(C)=C(C(=O)OCC(F)(F)C(F)(F)C(F)(F)C(F)F)C(C)(C)C. The van der Waals surface area contributed by atoms with Crippen LogP contribution in [0.2, 0.25) is 0 Å². The average molecular weight is 370 g/mol. The summed E-state index contributed by atoms with van der Waals surface area (Å²) in [5, 5.41) is 0. The quantitative estimate of drug-likeness (QED) is 0.370. The molecule has 0 aliphatic carbocycles. The van der Waals surface area contributed by atoms with Gasteiger partial charge in [0.2, 0.25) is 0 Å². The maximum Gasteiger partial charge on any atom is 0.381 e. The van der Waals surface area contributed by atoms with Gasteiger partial charge in [-0.3, -0.25) is 0 Å². The molecule has 0 N–H and O–H groups in total. The molecule has 0 unspecified atom stereocenters. The number of hydrogen-bond acceptors (Lipinski definition) is 2. The molecule has 0 spiro atoms. The number of carbonyl (C=O) groups is 1. The summed E-state index contributed by atoms with van der Waals surface area (Å²) >= 11 is 0. The second-order valence-electron chi connectivity index (χ2n) is 6.40. The van der Waals surface area contributed by atoms with E-state index in [9.17, 15) is 39.9 Å². The second kappa shape index (κ2) is 6.87. The van der Waals surface area contributed by atoms with Gasteiger partial charge in [0.15, 0.2) is 6.61 Å². The molecule has 0 aliphatic rings. The Hall–Kier alpha value is -1.35. The summed E-state index contributed by atoms with van der Waals surface area (Å²) in [6, 6.07) is 0. The van der Waals surface area contributed by atoms with Crippen molar-refractivity contribution in [3.8, 4) is 0 Å². The number of rotatable bonds is 6. The number of alkyl halides is 8. The van der Waals surface area contributed by atoms with Gasteiger partial charge in [-0.2, -0.15) is 26.3 Å². The zero-order chi connectivity index (χ0) is 19.7. The maximum atomic E-state index is 13.3. The van der Waals surface area contributed by atoms with Crippen molar-refractivity contribution in [1.29, 1.82) is 0 Å². The summed E-state index contributed by atoms with van der Waals surface area (Å²) < 4.78 is 106. The lowest BCUT2D eigenvalue weighted by molar-refractivity contribution is -0.344. The van der Waals surface area contributed by atoms with Crippen LogP contribution in [-0.2, 0) is 9.53 Å². The number of esters is 1. The molecule has 0 aromatic rings. The van der Waals surface area contributed by atoms with E-state index in [-0.39, 0.29) is 5.57 Å². The number of carbonyl (C=O) groups excluding carboxylic acids is 1. The van der Waals surface area contributed by atoms with Crippen molar-refractivity contribution >= 4 is 5.97 Å². The Morgan fingerprint density at radius 3 is 1.67 bits per heavy atom. The predicted octanol–water partition coefficient (Wildman–Crippen LogP) is 5.08. The van der Waals surface area contributed by atoms with Crippen LogP contribution in [0.4, 0.5) is 35.1 Å². The fraction of sp³-hybridized carbons (Fsp3) is 0.786. The molecule has 0 radical (unpaired) electrons. The van der Waals surface area contributed by atoms with Crippen LogP contribution in [0.25, 0.3) is 0 Å². The summed E-state index contributed by atoms with van der Waals surface area (Å²) in [4.78, 5) is 11.8. The highest BCUT2D eigenvalue weighted by atomic mass is 19.4. The number of halogens is 8. The Morgan fingerprint density at radius 1 is 0.958 bits per heavy atom. The van der Waals surface area contributed by atoms with Crippen LogP contribution in [0.1, 0.15) is 34.6 Å². The highest BCUT2D eigenvalue weighted by molar-refractivity contribution is 5.90. The Kier molecular flexibility index (Phi) is 6.49. The second-order valence-corrected chi connectivity index (χ2v) is 6.40. The van der Waals surface area contributed by atoms with Crippen molar-refractivity contribution in [3.05, 3.63) is 11.1 Å². The smallest absolute Gasteiger partial charge is 0.381 e. The Morgan fingerprint density at radius 2 is 1.38 bits per heavy atom. The van der Waals surface area contributed by atoms with Gasteiger partial charge in [0.25, 0.3) is 0 Å². The number of hydrogen-bond donors (Lipinski definition) is 0. The number of allylic oxidation sites excluding steroid dienone is 1. The van der Waals surface area contributed by atoms with Crippen LogP contribution in [0.5, 0.6) is 0 Å². The molecular weight excluding hydrogens is 352 g/mol. The molecule has 0 amide bonds. The van der Waals surface area contributed by atoms with Gasteiger partial charge in [-0.25, -0.2) is 13.6 Å². The van der Waals surface area contributed by atoms with E-state index >= 15 is 0 Å². The van der Waals surface area contributed by atoms with Crippen molar-refractivity contribution in [2.45, 2.75) is 58.8 Å². The van der Waals surface area contributed by atoms with Crippen LogP contribution >= 0.6 is 0 Å². The summed E-state index contributed by atoms with van der Waals surface area (Å²) in [7, 11) is 0. The molecular formula is C14H18F8O2. The van der Waals surface area contributed by atoms with E-state index in [1.807, 2.05) is 0 Å². The van der Waals surface area contributed by atoms with Gasteiger partial charge in [0, 0.05) is 5.57 Å². The minimum Gasteiger partial charge on any atom is -0.456 e. The lowest BCUT2D eigenvalue weighted by Gasteiger charge is -2.32. The third-order valence-electron chi connectivity index (χ3n) is 2.99. The lowest BCUT2D eigenvalue weighted by Crippen LogP contribution is -2.59. The molecule has 0 saturated carbocycles. The zero-order valence-electron chi connectivity index (χ0n) is 13.6. The first-order chi connectivity index (χ1) is 10.4. The van der Waals surface area contributed by atoms with E-state index in [0.29, 0.717) is 5.57 Å². The van der Waals surface area contributed by atoms with Gasteiger partial charge in [-0.1, -0.05) is 26.3 Å². The molecule has 0 saturated heterocycles. The van der Waals surface area contributed by atoms with Gasteiger partial charge < -0.3 is 4.74 Å². The Labute approximate surface area is 133 Å². The third kappa shape index (κ3) is 4.38. The van der Waals surface area contributed by atoms with Crippen LogP contribution in [-0.4, -0.2) is 36.8 Å². The van der Waals surface area contributed by atoms with Gasteiger partial charge in [0.1, 0.15) is 0 Å². The summed E-state index contributed by atoms with van der Waals surface area (Å²) in [5.41, 5.74) is -0.691. The summed E-state index contributed by atoms with van der Waals surface area (Å²) in [6.07, 6.45) is -5.02. The molecule has 0 bridgehead atoms. The summed E-state index contributed by atoms with van der Waals surface area (Å²) in [5.74, 6) is -19.8. The van der Waals surface area contributed by atoms with Crippen molar-refractivity contribution in [1.82, 2.24) is 0 Å². The third-order valence-corrected chi connectivity index (χ3v) is 2.99. The molecule has 0 aromatic heterocycles. The van der Waals surface area contributed by atoms with E-state index in [2.05, 4.69) is 4.74 Å². The van der Waals surface area contributed by atoms with Crippen LogP contribution in [0.15, 0.2) is 11.1 Å². The molecule has 0 aromatic carbocycles. The van der Waals surface area contributed by atoms with Gasteiger partial charge in [0.05, 0.1) is 0 Å². The van der Waals surface area contributed by atoms with E-state index in [4.69, 9.17) is 0 Å². The van der Waals surface area contributed by atoms with Crippen LogP contribution in [0, 0.1) is 5.41 Å². The molecule has 0 rings (SSSR count). The Balaban J connectivity index is 5.42. The van der Waals surface area contributed by atoms with E-state index in [1.54, 1.807) is 0 Å². The van der Waals surface area contributed by atoms with Crippen molar-refractivity contribution in [2.24, 2.45) is 5.41 Å². The molecule has 0 aliphatic heterocycles. The minimum atomic E-state index is -6.40. The molecule has 0 fully saturated rings. The first kappa shape index (κ1) is 22.6. The van der Waals surface area contributed by atoms with Crippen LogP contribution < -0.4 is 0 Å². The van der Waals surface area contributed by atoms with E-state index in [0.717, 1.165) is 0 Å². The van der Waals surface area contributed by atoms with E-state index < -0.39 is 42.2 Å². The monoisotopic (exact) mass is 370 g/mol. The first-order valence-electron chi connectivity index (χ1n) is 6.66. The summed E-state index contributed by atoms with van der Waals surface area (Å²) in [6.45, 7) is 4.92. The predicted molar refractivity (Wildman–Crippen MR) is 69.6 cm³/mol. The van der Waals surface area contributed by atoms with Crippen molar-refractivity contribution in [3.63, 3.8) is 0 Å².